The normalized spacial score (nSPS) is 23.0. The van der Waals surface area contributed by atoms with Gasteiger partial charge in [-0.25, -0.2) is 0 Å². The first-order chi connectivity index (χ1) is 13.3. The van der Waals surface area contributed by atoms with Crippen molar-refractivity contribution in [3.8, 4) is 0 Å². The van der Waals surface area contributed by atoms with E-state index in [1.807, 2.05) is 11.3 Å². The van der Waals surface area contributed by atoms with Gasteiger partial charge in [-0.1, -0.05) is 24.3 Å². The van der Waals surface area contributed by atoms with Gasteiger partial charge in [-0.15, -0.1) is 11.3 Å². The van der Waals surface area contributed by atoms with E-state index in [0.717, 1.165) is 45.7 Å². The maximum Gasteiger partial charge on any atom is 0.0446 e. The van der Waals surface area contributed by atoms with Gasteiger partial charge < -0.3 is 10.0 Å². The number of hydrogen-bond donors (Lipinski definition) is 1. The van der Waals surface area contributed by atoms with Crippen LogP contribution < -0.4 is 4.90 Å². The summed E-state index contributed by atoms with van der Waals surface area (Å²) in [6.45, 7) is 6.98. The van der Waals surface area contributed by atoms with E-state index in [0.29, 0.717) is 12.1 Å². The summed E-state index contributed by atoms with van der Waals surface area (Å²) in [5.41, 5.74) is 1.36. The Balaban J connectivity index is 1.32. The third-order valence-corrected chi connectivity index (χ3v) is 7.00. The largest absolute Gasteiger partial charge is 0.396 e. The smallest absolute Gasteiger partial charge is 0.0446 e. The van der Waals surface area contributed by atoms with Crippen molar-refractivity contribution < 1.29 is 5.11 Å². The zero-order valence-corrected chi connectivity index (χ0v) is 16.9. The predicted octanol–water partition coefficient (Wildman–Crippen LogP) is 3.29. The minimum atomic E-state index is 0.284. The monoisotopic (exact) mass is 385 g/mol. The van der Waals surface area contributed by atoms with Gasteiger partial charge in [0.05, 0.1) is 0 Å². The van der Waals surface area contributed by atoms with Gasteiger partial charge >= 0.3 is 0 Å². The Hall–Kier alpha value is -1.40. The Morgan fingerprint density at radius 3 is 2.48 bits per heavy atom. The Morgan fingerprint density at radius 1 is 0.963 bits per heavy atom. The number of aliphatic hydroxyl groups is 1. The quantitative estimate of drug-likeness (QED) is 0.826. The molecule has 27 heavy (non-hydrogen) atoms. The number of rotatable bonds is 6. The van der Waals surface area contributed by atoms with Crippen molar-refractivity contribution in [2.45, 2.75) is 37.9 Å². The standard InChI is InChI=1S/C22H31N3OS/c26-15-10-21-17-24(13-14-25(21)18-22-7-4-16-27-22)20-8-11-23(12-9-20)19-5-2-1-3-6-19/h1-7,16,20-21,26H,8-15,17-18H2/t21-/m0/s1. The van der Waals surface area contributed by atoms with Crippen LogP contribution in [0.5, 0.6) is 0 Å². The van der Waals surface area contributed by atoms with E-state index in [1.54, 1.807) is 0 Å². The van der Waals surface area contributed by atoms with E-state index < -0.39 is 0 Å². The summed E-state index contributed by atoms with van der Waals surface area (Å²) < 4.78 is 0. The van der Waals surface area contributed by atoms with Crippen molar-refractivity contribution in [2.75, 3.05) is 44.2 Å². The first-order valence-electron chi connectivity index (χ1n) is 10.2. The van der Waals surface area contributed by atoms with Crippen molar-refractivity contribution in [3.63, 3.8) is 0 Å². The van der Waals surface area contributed by atoms with Crippen LogP contribution in [0.15, 0.2) is 47.8 Å². The molecule has 2 aliphatic rings. The van der Waals surface area contributed by atoms with Crippen LogP contribution in [-0.2, 0) is 6.54 Å². The van der Waals surface area contributed by atoms with Crippen molar-refractivity contribution >= 4 is 17.0 Å². The van der Waals surface area contributed by atoms with Crippen molar-refractivity contribution in [1.29, 1.82) is 0 Å². The number of anilines is 1. The summed E-state index contributed by atoms with van der Waals surface area (Å²) in [5, 5.41) is 11.7. The molecule has 0 amide bonds. The van der Waals surface area contributed by atoms with Crippen LogP contribution >= 0.6 is 11.3 Å². The van der Waals surface area contributed by atoms with Gasteiger partial charge in [-0.05, 0) is 42.8 Å². The van der Waals surface area contributed by atoms with Crippen molar-refractivity contribution in [1.82, 2.24) is 9.80 Å². The summed E-state index contributed by atoms with van der Waals surface area (Å²) in [7, 11) is 0. The van der Waals surface area contributed by atoms with Gasteiger partial charge in [-0.3, -0.25) is 9.80 Å². The number of aliphatic hydroxyl groups excluding tert-OH is 1. The van der Waals surface area contributed by atoms with Crippen LogP contribution in [0.1, 0.15) is 24.1 Å². The van der Waals surface area contributed by atoms with Gasteiger partial charge in [-0.2, -0.15) is 0 Å². The lowest BCUT2D eigenvalue weighted by Gasteiger charge is -2.46. The minimum Gasteiger partial charge on any atom is -0.396 e. The highest BCUT2D eigenvalue weighted by Crippen LogP contribution is 2.26. The molecule has 1 aromatic carbocycles. The number of piperidine rings is 1. The summed E-state index contributed by atoms with van der Waals surface area (Å²) in [6.07, 6.45) is 3.36. The van der Waals surface area contributed by atoms with Crippen molar-refractivity contribution in [2.24, 2.45) is 0 Å². The van der Waals surface area contributed by atoms with Crippen LogP contribution in [0.25, 0.3) is 0 Å². The Kier molecular flexibility index (Phi) is 6.45. The van der Waals surface area contributed by atoms with E-state index in [4.69, 9.17) is 0 Å². The summed E-state index contributed by atoms with van der Waals surface area (Å²) in [5.74, 6) is 0. The summed E-state index contributed by atoms with van der Waals surface area (Å²) >= 11 is 1.84. The number of nitrogens with zero attached hydrogens (tertiary/aromatic N) is 3. The first-order valence-corrected chi connectivity index (χ1v) is 11.1. The maximum atomic E-state index is 9.57. The van der Waals surface area contributed by atoms with E-state index in [2.05, 4.69) is 62.5 Å². The lowest BCUT2D eigenvalue weighted by Crippen LogP contribution is -2.57. The second-order valence-corrected chi connectivity index (χ2v) is 8.80. The highest BCUT2D eigenvalue weighted by Gasteiger charge is 2.32. The first kappa shape index (κ1) is 18.9. The average molecular weight is 386 g/mol. The summed E-state index contributed by atoms with van der Waals surface area (Å²) in [6, 6.07) is 16.3. The van der Waals surface area contributed by atoms with Crippen LogP contribution in [-0.4, -0.2) is 66.3 Å². The van der Waals surface area contributed by atoms with Gasteiger partial charge in [0.1, 0.15) is 0 Å². The molecular weight excluding hydrogens is 354 g/mol. The number of benzene rings is 1. The van der Waals surface area contributed by atoms with E-state index in [1.165, 1.54) is 23.4 Å². The molecule has 2 aliphatic heterocycles. The molecule has 0 unspecified atom stereocenters. The Morgan fingerprint density at radius 2 is 1.78 bits per heavy atom. The molecule has 3 heterocycles. The maximum absolute atomic E-state index is 9.57. The molecule has 0 bridgehead atoms. The second kappa shape index (κ2) is 9.20. The number of piperazine rings is 1. The zero-order chi connectivity index (χ0) is 18.5. The third-order valence-electron chi connectivity index (χ3n) is 6.14. The van der Waals surface area contributed by atoms with Crippen LogP contribution in [0.2, 0.25) is 0 Å². The fourth-order valence-electron chi connectivity index (χ4n) is 4.61. The van der Waals surface area contributed by atoms with Crippen LogP contribution in [0.3, 0.4) is 0 Å². The van der Waals surface area contributed by atoms with Gasteiger partial charge in [0.25, 0.3) is 0 Å². The highest BCUT2D eigenvalue weighted by atomic mass is 32.1. The van der Waals surface area contributed by atoms with E-state index in [-0.39, 0.29) is 6.61 Å². The van der Waals surface area contributed by atoms with E-state index in [9.17, 15) is 5.11 Å². The second-order valence-electron chi connectivity index (χ2n) is 7.76. The molecule has 2 aromatic rings. The average Bonchev–Trinajstić information content (AvgIpc) is 3.23. The molecule has 1 atom stereocenters. The molecule has 0 saturated carbocycles. The molecule has 0 aliphatic carbocycles. The van der Waals surface area contributed by atoms with Crippen molar-refractivity contribution in [3.05, 3.63) is 52.7 Å². The highest BCUT2D eigenvalue weighted by molar-refractivity contribution is 7.09. The number of para-hydroxylation sites is 1. The molecule has 0 radical (unpaired) electrons. The molecule has 2 saturated heterocycles. The molecule has 5 heteroatoms. The van der Waals surface area contributed by atoms with Gasteiger partial charge in [0, 0.05) is 68.5 Å². The molecule has 0 spiro atoms. The molecule has 1 aromatic heterocycles. The number of hydrogen-bond acceptors (Lipinski definition) is 5. The van der Waals surface area contributed by atoms with Gasteiger partial charge in [0.15, 0.2) is 0 Å². The molecule has 2 fully saturated rings. The van der Waals surface area contributed by atoms with Gasteiger partial charge in [0.2, 0.25) is 0 Å². The molecule has 4 rings (SSSR count). The minimum absolute atomic E-state index is 0.284. The lowest BCUT2D eigenvalue weighted by molar-refractivity contribution is 0.0260. The fraction of sp³-hybridized carbons (Fsp3) is 0.545. The zero-order valence-electron chi connectivity index (χ0n) is 16.0. The molecule has 4 nitrogen and oxygen atoms in total. The molecule has 146 valence electrons. The van der Waals surface area contributed by atoms with E-state index >= 15 is 0 Å². The number of thiophene rings is 1. The Bertz CT molecular complexity index is 670. The lowest BCUT2D eigenvalue weighted by atomic mass is 9.99. The third kappa shape index (κ3) is 4.72. The summed E-state index contributed by atoms with van der Waals surface area (Å²) in [4.78, 5) is 9.24. The fourth-order valence-corrected chi connectivity index (χ4v) is 5.34. The SMILES string of the molecule is OCC[C@H]1CN(C2CCN(c3ccccc3)CC2)CCN1Cc1cccs1. The molecule has 1 N–H and O–H groups in total. The molecular formula is C22H31N3OS. The van der Waals surface area contributed by atoms with Crippen LogP contribution in [0.4, 0.5) is 5.69 Å². The predicted molar refractivity (Wildman–Crippen MR) is 113 cm³/mol. The van der Waals surface area contributed by atoms with Crippen LogP contribution in [0, 0.1) is 0 Å². The Labute approximate surface area is 167 Å². The topological polar surface area (TPSA) is 30.0 Å².